The molecular formula is C23H27F3N6. The zero-order chi connectivity index (χ0) is 22.6. The van der Waals surface area contributed by atoms with Gasteiger partial charge in [-0.1, -0.05) is 36.4 Å². The first-order chi connectivity index (χ1) is 15.4. The van der Waals surface area contributed by atoms with E-state index in [2.05, 4.69) is 55.5 Å². The summed E-state index contributed by atoms with van der Waals surface area (Å²) in [6.45, 7) is 1.25. The summed E-state index contributed by atoms with van der Waals surface area (Å²) < 4.78 is 39.8. The van der Waals surface area contributed by atoms with E-state index in [9.17, 15) is 13.2 Å². The Morgan fingerprint density at radius 2 is 1.88 bits per heavy atom. The van der Waals surface area contributed by atoms with E-state index in [-0.39, 0.29) is 6.04 Å². The molecule has 3 aromatic rings. The molecule has 1 atom stereocenters. The van der Waals surface area contributed by atoms with Gasteiger partial charge in [0.2, 0.25) is 0 Å². The molecule has 2 N–H and O–H groups in total. The highest BCUT2D eigenvalue weighted by atomic mass is 19.4. The standard InChI is InChI=1S/C23H27F3N6/c1-27-22(30-19-10-11-31(14-19)15-23(24,25)26)28-12-17-6-8-18(9-7-17)13-32-16-29-20-4-2-3-5-21(20)32/h2-9,16,19H,10-15H2,1H3,(H2,27,28,30). The molecule has 1 aliphatic heterocycles. The van der Waals surface area contributed by atoms with E-state index in [4.69, 9.17) is 0 Å². The Morgan fingerprint density at radius 3 is 2.62 bits per heavy atom. The lowest BCUT2D eigenvalue weighted by Crippen LogP contribution is -2.44. The monoisotopic (exact) mass is 444 g/mol. The molecule has 1 unspecified atom stereocenters. The maximum absolute atomic E-state index is 12.6. The molecular weight excluding hydrogens is 417 g/mol. The number of rotatable bonds is 6. The van der Waals surface area contributed by atoms with Crippen LogP contribution in [0.15, 0.2) is 59.9 Å². The van der Waals surface area contributed by atoms with Crippen molar-refractivity contribution in [3.8, 4) is 0 Å². The highest BCUT2D eigenvalue weighted by molar-refractivity contribution is 5.80. The molecule has 170 valence electrons. The quantitative estimate of drug-likeness (QED) is 0.452. The zero-order valence-corrected chi connectivity index (χ0v) is 17.9. The van der Waals surface area contributed by atoms with Crippen molar-refractivity contribution in [2.24, 2.45) is 4.99 Å². The molecule has 2 aromatic carbocycles. The number of hydrogen-bond donors (Lipinski definition) is 2. The molecule has 1 fully saturated rings. The summed E-state index contributed by atoms with van der Waals surface area (Å²) in [5.41, 5.74) is 4.36. The fraction of sp³-hybridized carbons (Fsp3) is 0.391. The molecule has 0 saturated carbocycles. The van der Waals surface area contributed by atoms with Gasteiger partial charge in [0.15, 0.2) is 5.96 Å². The lowest BCUT2D eigenvalue weighted by molar-refractivity contribution is -0.143. The summed E-state index contributed by atoms with van der Waals surface area (Å²) in [5.74, 6) is 0.595. The summed E-state index contributed by atoms with van der Waals surface area (Å²) in [6, 6.07) is 16.3. The molecule has 0 bridgehead atoms. The van der Waals surface area contributed by atoms with Crippen molar-refractivity contribution in [1.82, 2.24) is 25.1 Å². The van der Waals surface area contributed by atoms with Gasteiger partial charge in [-0.15, -0.1) is 0 Å². The predicted octanol–water partition coefficient (Wildman–Crippen LogP) is 3.39. The second-order valence-electron chi connectivity index (χ2n) is 8.08. The Kier molecular flexibility index (Phi) is 6.64. The third-order valence-corrected chi connectivity index (χ3v) is 5.60. The highest BCUT2D eigenvalue weighted by Gasteiger charge is 2.34. The molecule has 6 nitrogen and oxygen atoms in total. The molecule has 2 heterocycles. The number of likely N-dealkylation sites (tertiary alicyclic amines) is 1. The minimum absolute atomic E-state index is 0.0454. The number of fused-ring (bicyclic) bond motifs is 1. The molecule has 32 heavy (non-hydrogen) atoms. The number of nitrogens with zero attached hydrogens (tertiary/aromatic N) is 4. The Morgan fingerprint density at radius 1 is 1.12 bits per heavy atom. The topological polar surface area (TPSA) is 57.5 Å². The van der Waals surface area contributed by atoms with Crippen LogP contribution < -0.4 is 10.6 Å². The molecule has 0 amide bonds. The molecule has 0 aliphatic carbocycles. The number of para-hydroxylation sites is 2. The van der Waals surface area contributed by atoms with Crippen LogP contribution in [0.5, 0.6) is 0 Å². The number of aromatic nitrogens is 2. The smallest absolute Gasteiger partial charge is 0.352 e. The Balaban J connectivity index is 1.27. The zero-order valence-electron chi connectivity index (χ0n) is 17.9. The maximum atomic E-state index is 12.6. The third-order valence-electron chi connectivity index (χ3n) is 5.60. The van der Waals surface area contributed by atoms with Crippen molar-refractivity contribution in [3.63, 3.8) is 0 Å². The van der Waals surface area contributed by atoms with E-state index in [0.717, 1.165) is 23.1 Å². The van der Waals surface area contributed by atoms with Crippen LogP contribution in [0.1, 0.15) is 17.5 Å². The normalized spacial score (nSPS) is 17.8. The summed E-state index contributed by atoms with van der Waals surface area (Å²) in [5, 5.41) is 6.48. The van der Waals surface area contributed by atoms with Gasteiger partial charge in [-0.25, -0.2) is 4.98 Å². The molecule has 4 rings (SSSR count). The largest absolute Gasteiger partial charge is 0.401 e. The van der Waals surface area contributed by atoms with Crippen LogP contribution in [0.3, 0.4) is 0 Å². The second kappa shape index (κ2) is 9.60. The Hall–Kier alpha value is -3.07. The Bertz CT molecular complexity index is 1060. The van der Waals surface area contributed by atoms with Gasteiger partial charge in [-0.05, 0) is 29.7 Å². The molecule has 1 aromatic heterocycles. The predicted molar refractivity (Wildman–Crippen MR) is 120 cm³/mol. The van der Waals surface area contributed by atoms with Crippen molar-refractivity contribution >= 4 is 17.0 Å². The first-order valence-corrected chi connectivity index (χ1v) is 10.6. The highest BCUT2D eigenvalue weighted by Crippen LogP contribution is 2.20. The number of hydrogen-bond acceptors (Lipinski definition) is 3. The number of aliphatic imine (C=N–C) groups is 1. The van der Waals surface area contributed by atoms with Crippen LogP contribution in [0.25, 0.3) is 11.0 Å². The number of alkyl halides is 3. The van der Waals surface area contributed by atoms with Crippen LogP contribution in [-0.4, -0.2) is 59.3 Å². The number of nitrogens with one attached hydrogen (secondary N) is 2. The van der Waals surface area contributed by atoms with Crippen LogP contribution in [0.4, 0.5) is 13.2 Å². The number of guanidine groups is 1. The molecule has 1 saturated heterocycles. The minimum atomic E-state index is -4.16. The van der Waals surface area contributed by atoms with Gasteiger partial charge in [0.05, 0.1) is 23.9 Å². The van der Waals surface area contributed by atoms with E-state index < -0.39 is 12.7 Å². The van der Waals surface area contributed by atoms with Gasteiger partial charge in [-0.2, -0.15) is 13.2 Å². The first-order valence-electron chi connectivity index (χ1n) is 10.6. The number of imidazole rings is 1. The van der Waals surface area contributed by atoms with E-state index in [1.165, 1.54) is 10.5 Å². The van der Waals surface area contributed by atoms with E-state index in [0.29, 0.717) is 32.0 Å². The van der Waals surface area contributed by atoms with Crippen LogP contribution in [-0.2, 0) is 13.1 Å². The van der Waals surface area contributed by atoms with Crippen LogP contribution >= 0.6 is 0 Å². The van der Waals surface area contributed by atoms with Crippen LogP contribution in [0.2, 0.25) is 0 Å². The molecule has 0 spiro atoms. The third kappa shape index (κ3) is 5.79. The van der Waals surface area contributed by atoms with Crippen molar-refractivity contribution in [2.45, 2.75) is 31.7 Å². The first kappa shape index (κ1) is 22.1. The van der Waals surface area contributed by atoms with Crippen molar-refractivity contribution in [1.29, 1.82) is 0 Å². The van der Waals surface area contributed by atoms with Crippen molar-refractivity contribution in [3.05, 3.63) is 66.0 Å². The average molecular weight is 445 g/mol. The van der Waals surface area contributed by atoms with Gasteiger partial charge in [0, 0.05) is 39.3 Å². The van der Waals surface area contributed by atoms with E-state index in [1.54, 1.807) is 7.05 Å². The Labute approximate surface area is 185 Å². The van der Waals surface area contributed by atoms with Gasteiger partial charge < -0.3 is 15.2 Å². The van der Waals surface area contributed by atoms with E-state index in [1.807, 2.05) is 24.5 Å². The molecule has 1 aliphatic rings. The summed E-state index contributed by atoms with van der Waals surface area (Å²) in [4.78, 5) is 10.1. The van der Waals surface area contributed by atoms with Gasteiger partial charge in [0.1, 0.15) is 0 Å². The summed E-state index contributed by atoms with van der Waals surface area (Å²) in [7, 11) is 1.66. The molecule has 0 radical (unpaired) electrons. The maximum Gasteiger partial charge on any atom is 0.401 e. The van der Waals surface area contributed by atoms with Gasteiger partial charge in [0.25, 0.3) is 0 Å². The SMILES string of the molecule is CN=C(NCc1ccc(Cn2cnc3ccccc32)cc1)NC1CCN(CC(F)(F)F)C1. The number of halogens is 3. The van der Waals surface area contributed by atoms with Gasteiger partial charge in [-0.3, -0.25) is 9.89 Å². The van der Waals surface area contributed by atoms with Crippen molar-refractivity contribution in [2.75, 3.05) is 26.7 Å². The molecule has 9 heteroatoms. The summed E-state index contributed by atoms with van der Waals surface area (Å²) in [6.07, 6.45) is -1.64. The fourth-order valence-electron chi connectivity index (χ4n) is 4.02. The average Bonchev–Trinajstić information content (AvgIpc) is 3.37. The minimum Gasteiger partial charge on any atom is -0.352 e. The van der Waals surface area contributed by atoms with Gasteiger partial charge >= 0.3 is 6.18 Å². The lowest BCUT2D eigenvalue weighted by Gasteiger charge is -2.20. The van der Waals surface area contributed by atoms with Crippen LogP contribution in [0, 0.1) is 0 Å². The lowest BCUT2D eigenvalue weighted by atomic mass is 10.1. The van der Waals surface area contributed by atoms with Crippen molar-refractivity contribution < 1.29 is 13.2 Å². The fourth-order valence-corrected chi connectivity index (χ4v) is 4.02. The summed E-state index contributed by atoms with van der Waals surface area (Å²) >= 11 is 0. The second-order valence-corrected chi connectivity index (χ2v) is 8.08. The van der Waals surface area contributed by atoms with E-state index >= 15 is 0 Å². The number of benzene rings is 2.